The number of carbonyl (C=O) groups is 1. The lowest BCUT2D eigenvalue weighted by molar-refractivity contribution is 0.0191. The molecule has 1 amide bonds. The maximum Gasteiger partial charge on any atom is 0.472 e. The number of furan rings is 1. The first-order chi connectivity index (χ1) is 23.2. The van der Waals surface area contributed by atoms with Crippen LogP contribution in [0, 0.1) is 5.82 Å². The van der Waals surface area contributed by atoms with Crippen LogP contribution in [0.15, 0.2) is 86.7 Å². The van der Waals surface area contributed by atoms with Crippen molar-refractivity contribution in [3.05, 3.63) is 100 Å². The Morgan fingerprint density at radius 3 is 2.76 bits per heavy atom. The Morgan fingerprint density at radius 1 is 1.20 bits per heavy atom. The summed E-state index contributed by atoms with van der Waals surface area (Å²) in [6.45, 7) is -1.36. The lowest BCUT2D eigenvalue weighted by atomic mass is 9.92. The van der Waals surface area contributed by atoms with Crippen LogP contribution in [-0.4, -0.2) is 72.8 Å². The Labute approximate surface area is 285 Å². The number of halogens is 2. The van der Waals surface area contributed by atoms with Gasteiger partial charge < -0.3 is 29.0 Å². The Bertz CT molecular complexity index is 1990. The number of anilines is 1. The molecule has 1 aliphatic carbocycles. The molecule has 1 unspecified atom stereocenters. The zero-order valence-corrected chi connectivity index (χ0v) is 28.3. The maximum atomic E-state index is 13.5. The minimum atomic E-state index is -4.89. The molecule has 0 bridgehead atoms. The number of aliphatic imine (C=N–C) groups is 2. The van der Waals surface area contributed by atoms with Gasteiger partial charge in [0.15, 0.2) is 0 Å². The van der Waals surface area contributed by atoms with Crippen molar-refractivity contribution in [2.75, 3.05) is 30.7 Å². The van der Waals surface area contributed by atoms with Gasteiger partial charge in [0, 0.05) is 29.6 Å². The number of allylic oxidation sites excluding steroid dienone is 2. The van der Waals surface area contributed by atoms with Crippen LogP contribution in [0.4, 0.5) is 14.9 Å². The number of nitrogens with one attached hydrogen (secondary N) is 1. The van der Waals surface area contributed by atoms with E-state index in [0.717, 1.165) is 16.7 Å². The van der Waals surface area contributed by atoms with E-state index in [1.165, 1.54) is 18.5 Å². The lowest BCUT2D eigenvalue weighted by Crippen LogP contribution is -2.35. The van der Waals surface area contributed by atoms with Gasteiger partial charge >= 0.3 is 13.9 Å². The molecule has 5 rings (SSSR count). The smallest absolute Gasteiger partial charge is 0.472 e. The summed E-state index contributed by atoms with van der Waals surface area (Å²) in [6, 6.07) is 14.3. The summed E-state index contributed by atoms with van der Waals surface area (Å²) in [6.07, 6.45) is 5.76. The standard InChI is InChI=1S/C31H31ClFN4O10PS/c1-49(42,43)12-11-37(31(38)45-19-46-48(39,40)41)16-24-7-10-28(47-24)21-5-8-27-25(14-21)30(35-18-34-27)36-23-6-9-29(26(32)15-23)44-17-20-3-2-4-22(33)13-20/h2-7,9-10,13-15,18,27H,8,11-12,16-17,19H2,1H3,(H,34,35,36)(H2,39,40,41). The van der Waals surface area contributed by atoms with Gasteiger partial charge in [-0.25, -0.2) is 31.7 Å². The molecule has 14 nitrogen and oxygen atoms in total. The minimum Gasteiger partial charge on any atom is -0.487 e. The highest BCUT2D eigenvalue weighted by Crippen LogP contribution is 2.36. The highest BCUT2D eigenvalue weighted by Gasteiger charge is 2.26. The third kappa shape index (κ3) is 10.6. The van der Waals surface area contributed by atoms with Crippen LogP contribution in [0.1, 0.15) is 23.5 Å². The van der Waals surface area contributed by atoms with E-state index in [0.29, 0.717) is 51.4 Å². The molecule has 49 heavy (non-hydrogen) atoms. The number of sulfone groups is 1. The van der Waals surface area contributed by atoms with Crippen molar-refractivity contribution >= 4 is 58.8 Å². The second kappa shape index (κ2) is 15.5. The number of rotatable bonds is 13. The number of fused-ring (bicyclic) bond motifs is 1. The highest BCUT2D eigenvalue weighted by atomic mass is 35.5. The molecule has 0 spiro atoms. The zero-order valence-electron chi connectivity index (χ0n) is 25.9. The molecule has 18 heteroatoms. The molecule has 0 saturated carbocycles. The first kappa shape index (κ1) is 36.0. The van der Waals surface area contributed by atoms with Crippen molar-refractivity contribution < 1.29 is 50.4 Å². The van der Waals surface area contributed by atoms with E-state index in [4.69, 9.17) is 35.3 Å². The van der Waals surface area contributed by atoms with Gasteiger partial charge in [-0.1, -0.05) is 29.8 Å². The van der Waals surface area contributed by atoms with Crippen LogP contribution in [0.2, 0.25) is 5.02 Å². The fraction of sp³-hybridized carbons (Fsp3) is 0.258. The predicted molar refractivity (Wildman–Crippen MR) is 180 cm³/mol. The van der Waals surface area contributed by atoms with Crippen molar-refractivity contribution in [1.82, 2.24) is 4.90 Å². The molecule has 0 radical (unpaired) electrons. The summed E-state index contributed by atoms with van der Waals surface area (Å²) < 4.78 is 68.6. The fourth-order valence-electron chi connectivity index (χ4n) is 4.75. The number of amides is 1. The molecular weight excluding hydrogens is 706 g/mol. The average Bonchev–Trinajstić information content (AvgIpc) is 3.50. The molecule has 2 aliphatic rings. The topological polar surface area (TPSA) is 190 Å². The fourth-order valence-corrected chi connectivity index (χ4v) is 5.73. The van der Waals surface area contributed by atoms with Crippen molar-refractivity contribution in [2.24, 2.45) is 9.98 Å². The van der Waals surface area contributed by atoms with E-state index in [-0.39, 0.29) is 37.3 Å². The third-order valence-electron chi connectivity index (χ3n) is 7.10. The van der Waals surface area contributed by atoms with E-state index in [1.807, 2.05) is 12.2 Å². The van der Waals surface area contributed by atoms with Crippen LogP contribution in [0.5, 0.6) is 5.75 Å². The second-order valence-corrected chi connectivity index (χ2v) is 14.8. The summed E-state index contributed by atoms with van der Waals surface area (Å²) in [5.74, 6) is 0.967. The highest BCUT2D eigenvalue weighted by molar-refractivity contribution is 7.90. The van der Waals surface area contributed by atoms with Crippen molar-refractivity contribution in [3.63, 3.8) is 0 Å². The molecular formula is C31H31ClFN4O10PS. The molecule has 1 atom stereocenters. The summed E-state index contributed by atoms with van der Waals surface area (Å²) in [7, 11) is -8.36. The molecule has 1 aliphatic heterocycles. The number of phosphoric acid groups is 1. The Kier molecular flexibility index (Phi) is 11.4. The summed E-state index contributed by atoms with van der Waals surface area (Å²) in [4.78, 5) is 40.2. The number of amidine groups is 1. The van der Waals surface area contributed by atoms with Crippen LogP contribution in [0.25, 0.3) is 5.57 Å². The molecule has 2 heterocycles. The van der Waals surface area contributed by atoms with E-state index in [2.05, 4.69) is 19.8 Å². The molecule has 2 aromatic carbocycles. The van der Waals surface area contributed by atoms with Gasteiger partial charge in [0.1, 0.15) is 51.7 Å². The van der Waals surface area contributed by atoms with Gasteiger partial charge in [0.25, 0.3) is 0 Å². The molecule has 260 valence electrons. The molecule has 3 N–H and O–H groups in total. The first-order valence-electron chi connectivity index (χ1n) is 14.6. The van der Waals surface area contributed by atoms with Gasteiger partial charge in [-0.15, -0.1) is 0 Å². The van der Waals surface area contributed by atoms with Crippen molar-refractivity contribution in [1.29, 1.82) is 0 Å². The van der Waals surface area contributed by atoms with E-state index >= 15 is 0 Å². The number of nitrogens with zero attached hydrogens (tertiary/aromatic N) is 3. The van der Waals surface area contributed by atoms with Gasteiger partial charge in [0.2, 0.25) is 6.79 Å². The van der Waals surface area contributed by atoms with Crippen molar-refractivity contribution in [2.45, 2.75) is 25.6 Å². The second-order valence-electron chi connectivity index (χ2n) is 10.9. The molecule has 3 aromatic rings. The lowest BCUT2D eigenvalue weighted by Gasteiger charge is -2.24. The monoisotopic (exact) mass is 736 g/mol. The number of hydrogen-bond acceptors (Lipinski definition) is 11. The third-order valence-corrected chi connectivity index (χ3v) is 8.76. The largest absolute Gasteiger partial charge is 0.487 e. The number of hydrogen-bond donors (Lipinski definition) is 3. The SMILES string of the molecule is CS(=O)(=O)CCN(Cc1ccc(C2=CCC3N=CN=C(Nc4ccc(OCc5cccc(F)c5)c(Cl)c4)C3=C2)o1)C(=O)OCOP(=O)(O)O. The van der Waals surface area contributed by atoms with Crippen molar-refractivity contribution in [3.8, 4) is 5.75 Å². The van der Waals surface area contributed by atoms with Crippen LogP contribution in [0.3, 0.4) is 0 Å². The van der Waals surface area contributed by atoms with E-state index in [9.17, 15) is 22.2 Å². The number of benzene rings is 2. The van der Waals surface area contributed by atoms with Gasteiger partial charge in [0.05, 0.1) is 23.4 Å². The van der Waals surface area contributed by atoms with E-state index < -0.39 is 30.5 Å². The zero-order chi connectivity index (χ0) is 35.2. The van der Waals surface area contributed by atoms with Gasteiger partial charge in [-0.2, -0.15) is 0 Å². The first-order valence-corrected chi connectivity index (χ1v) is 18.5. The quantitative estimate of drug-likeness (QED) is 0.152. The van der Waals surface area contributed by atoms with E-state index in [1.54, 1.807) is 42.5 Å². The molecule has 1 aromatic heterocycles. The van der Waals surface area contributed by atoms with Crippen LogP contribution >= 0.6 is 19.4 Å². The summed E-state index contributed by atoms with van der Waals surface area (Å²) in [5, 5.41) is 3.61. The Hall–Kier alpha value is -4.31. The summed E-state index contributed by atoms with van der Waals surface area (Å²) >= 11 is 6.49. The number of ether oxygens (including phenoxy) is 2. The van der Waals surface area contributed by atoms with Gasteiger partial charge in [-0.05, 0) is 60.5 Å². The molecule has 0 saturated heterocycles. The molecule has 0 fully saturated rings. The Morgan fingerprint density at radius 2 is 2.02 bits per heavy atom. The summed E-state index contributed by atoms with van der Waals surface area (Å²) in [5.41, 5.74) is 2.79. The number of carbonyl (C=O) groups excluding carboxylic acids is 1. The average molecular weight is 737 g/mol. The number of phosphoric ester groups is 1. The van der Waals surface area contributed by atoms with Crippen LogP contribution < -0.4 is 10.1 Å². The minimum absolute atomic E-state index is 0.142. The Balaban J connectivity index is 1.26. The predicted octanol–water partition coefficient (Wildman–Crippen LogP) is 5.34. The van der Waals surface area contributed by atoms with Crippen LogP contribution in [-0.2, 0) is 36.8 Å². The normalized spacial score (nSPS) is 15.9. The maximum absolute atomic E-state index is 13.5. The van der Waals surface area contributed by atoms with Gasteiger partial charge in [-0.3, -0.25) is 9.89 Å².